The average Bonchev–Trinajstić information content (AvgIpc) is 2.77. The van der Waals surface area contributed by atoms with Crippen LogP contribution in [0.15, 0.2) is 0 Å². The minimum Gasteiger partial charge on any atom is -0.375 e. The van der Waals surface area contributed by atoms with Crippen molar-refractivity contribution in [3.63, 3.8) is 0 Å². The van der Waals surface area contributed by atoms with Gasteiger partial charge < -0.3 is 10.1 Å². The minimum atomic E-state index is 0.319. The lowest BCUT2D eigenvalue weighted by Gasteiger charge is -2.38. The highest BCUT2D eigenvalue weighted by Gasteiger charge is 2.39. The molecule has 0 aromatic carbocycles. The maximum atomic E-state index is 6.09. The van der Waals surface area contributed by atoms with Crippen molar-refractivity contribution in [1.29, 1.82) is 0 Å². The molecule has 2 heteroatoms. The molecule has 1 saturated carbocycles. The third-order valence-electron chi connectivity index (χ3n) is 4.50. The third-order valence-corrected chi connectivity index (χ3v) is 4.50. The molecule has 17 heavy (non-hydrogen) atoms. The van der Waals surface area contributed by atoms with Crippen molar-refractivity contribution in [3.8, 4) is 0 Å². The molecule has 2 rings (SSSR count). The summed E-state index contributed by atoms with van der Waals surface area (Å²) in [4.78, 5) is 0. The van der Waals surface area contributed by atoms with Crippen molar-refractivity contribution in [1.82, 2.24) is 5.32 Å². The van der Waals surface area contributed by atoms with E-state index in [-0.39, 0.29) is 0 Å². The van der Waals surface area contributed by atoms with E-state index in [1.807, 2.05) is 0 Å². The Hall–Kier alpha value is -0.0800. The maximum absolute atomic E-state index is 6.09. The first-order valence-corrected chi connectivity index (χ1v) is 7.69. The molecule has 1 aliphatic heterocycles. The molecule has 2 aliphatic rings. The molecule has 0 amide bonds. The number of hydrogen-bond acceptors (Lipinski definition) is 2. The number of ether oxygens (including phenoxy) is 1. The predicted molar refractivity (Wildman–Crippen MR) is 72.3 cm³/mol. The molecule has 2 fully saturated rings. The normalized spacial score (nSPS) is 27.7. The van der Waals surface area contributed by atoms with Crippen molar-refractivity contribution in [2.24, 2.45) is 5.92 Å². The van der Waals surface area contributed by atoms with Gasteiger partial charge >= 0.3 is 0 Å². The van der Waals surface area contributed by atoms with Crippen LogP contribution in [0.25, 0.3) is 0 Å². The maximum Gasteiger partial charge on any atom is 0.0685 e. The first kappa shape index (κ1) is 13.4. The fourth-order valence-electron chi connectivity index (χ4n) is 3.56. The Morgan fingerprint density at radius 2 is 2.06 bits per heavy atom. The van der Waals surface area contributed by atoms with Crippen molar-refractivity contribution >= 4 is 0 Å². The van der Waals surface area contributed by atoms with Gasteiger partial charge in [0.2, 0.25) is 0 Å². The SMILES string of the molecule is CCCNCCCC1CCOC2(CCCC2)C1. The highest BCUT2D eigenvalue weighted by Crippen LogP contribution is 2.42. The standard InChI is InChI=1S/C15H29NO/c1-2-10-16-11-5-6-14-7-12-17-15(13-14)8-3-4-9-15/h14,16H,2-13H2,1H3. The van der Waals surface area contributed by atoms with Gasteiger partial charge in [-0.1, -0.05) is 19.8 Å². The number of rotatable bonds is 6. The van der Waals surface area contributed by atoms with E-state index in [1.54, 1.807) is 0 Å². The summed E-state index contributed by atoms with van der Waals surface area (Å²) in [5, 5.41) is 3.50. The van der Waals surface area contributed by atoms with Crippen LogP contribution in [0.3, 0.4) is 0 Å². The molecule has 1 unspecified atom stereocenters. The summed E-state index contributed by atoms with van der Waals surface area (Å²) < 4.78 is 6.09. The molecule has 1 atom stereocenters. The lowest BCUT2D eigenvalue weighted by atomic mass is 9.82. The van der Waals surface area contributed by atoms with Crippen LogP contribution in [0, 0.1) is 5.92 Å². The molecule has 1 spiro atoms. The van der Waals surface area contributed by atoms with E-state index in [9.17, 15) is 0 Å². The topological polar surface area (TPSA) is 21.3 Å². The van der Waals surface area contributed by atoms with Crippen molar-refractivity contribution in [2.75, 3.05) is 19.7 Å². The largest absolute Gasteiger partial charge is 0.375 e. The second-order valence-corrected chi connectivity index (χ2v) is 5.99. The van der Waals surface area contributed by atoms with Gasteiger partial charge in [0, 0.05) is 6.61 Å². The van der Waals surface area contributed by atoms with E-state index in [0.717, 1.165) is 12.5 Å². The zero-order chi connectivity index (χ0) is 12.0. The van der Waals surface area contributed by atoms with Gasteiger partial charge in [-0.3, -0.25) is 0 Å². The summed E-state index contributed by atoms with van der Waals surface area (Å²) in [6.07, 6.45) is 12.1. The third kappa shape index (κ3) is 3.96. The summed E-state index contributed by atoms with van der Waals surface area (Å²) in [6.45, 7) is 5.64. The van der Waals surface area contributed by atoms with Crippen LogP contribution < -0.4 is 5.32 Å². The fourth-order valence-corrected chi connectivity index (χ4v) is 3.56. The molecule has 1 N–H and O–H groups in total. The van der Waals surface area contributed by atoms with E-state index in [4.69, 9.17) is 4.74 Å². The molecular formula is C15H29NO. The first-order chi connectivity index (χ1) is 8.35. The Balaban J connectivity index is 1.63. The van der Waals surface area contributed by atoms with Gasteiger partial charge in [-0.15, -0.1) is 0 Å². The molecular weight excluding hydrogens is 210 g/mol. The average molecular weight is 239 g/mol. The molecule has 1 heterocycles. The Morgan fingerprint density at radius 1 is 1.24 bits per heavy atom. The van der Waals surface area contributed by atoms with Crippen molar-refractivity contribution < 1.29 is 4.74 Å². The zero-order valence-corrected chi connectivity index (χ0v) is 11.5. The highest BCUT2D eigenvalue weighted by atomic mass is 16.5. The summed E-state index contributed by atoms with van der Waals surface area (Å²) in [5.41, 5.74) is 0.319. The van der Waals surface area contributed by atoms with Crippen LogP contribution in [0.4, 0.5) is 0 Å². The first-order valence-electron chi connectivity index (χ1n) is 7.69. The van der Waals surface area contributed by atoms with E-state index < -0.39 is 0 Å². The minimum absolute atomic E-state index is 0.319. The van der Waals surface area contributed by atoms with E-state index in [2.05, 4.69) is 12.2 Å². The van der Waals surface area contributed by atoms with Crippen LogP contribution >= 0.6 is 0 Å². The van der Waals surface area contributed by atoms with Crippen LogP contribution in [0.1, 0.15) is 64.7 Å². The van der Waals surface area contributed by atoms with Crippen LogP contribution in [-0.2, 0) is 4.74 Å². The molecule has 1 aliphatic carbocycles. The monoisotopic (exact) mass is 239 g/mol. The molecule has 0 bridgehead atoms. The van der Waals surface area contributed by atoms with Gasteiger partial charge in [0.15, 0.2) is 0 Å². The van der Waals surface area contributed by atoms with E-state index in [1.165, 1.54) is 70.9 Å². The quantitative estimate of drug-likeness (QED) is 0.716. The van der Waals surface area contributed by atoms with Gasteiger partial charge in [-0.2, -0.15) is 0 Å². The Kier molecular flexibility index (Phi) is 5.30. The van der Waals surface area contributed by atoms with Crippen LogP contribution in [0.5, 0.6) is 0 Å². The molecule has 1 saturated heterocycles. The van der Waals surface area contributed by atoms with Gasteiger partial charge in [0.05, 0.1) is 5.60 Å². The smallest absolute Gasteiger partial charge is 0.0685 e. The summed E-state index contributed by atoms with van der Waals surface area (Å²) in [6, 6.07) is 0. The van der Waals surface area contributed by atoms with Crippen LogP contribution in [-0.4, -0.2) is 25.3 Å². The van der Waals surface area contributed by atoms with Crippen molar-refractivity contribution in [2.45, 2.75) is 70.3 Å². The second kappa shape index (κ2) is 6.75. The van der Waals surface area contributed by atoms with E-state index >= 15 is 0 Å². The van der Waals surface area contributed by atoms with Gasteiger partial charge in [-0.25, -0.2) is 0 Å². The van der Waals surface area contributed by atoms with Crippen molar-refractivity contribution in [3.05, 3.63) is 0 Å². The summed E-state index contributed by atoms with van der Waals surface area (Å²) in [7, 11) is 0. The zero-order valence-electron chi connectivity index (χ0n) is 11.5. The fraction of sp³-hybridized carbons (Fsp3) is 1.00. The molecule has 0 radical (unpaired) electrons. The predicted octanol–water partition coefficient (Wildman–Crippen LogP) is 3.51. The Bertz CT molecular complexity index is 211. The molecule has 0 aromatic rings. The lowest BCUT2D eigenvalue weighted by Crippen LogP contribution is -2.37. The van der Waals surface area contributed by atoms with Gasteiger partial charge in [0.1, 0.15) is 0 Å². The molecule has 2 nitrogen and oxygen atoms in total. The number of hydrogen-bond donors (Lipinski definition) is 1. The van der Waals surface area contributed by atoms with Crippen LogP contribution in [0.2, 0.25) is 0 Å². The van der Waals surface area contributed by atoms with Gasteiger partial charge in [0.25, 0.3) is 0 Å². The lowest BCUT2D eigenvalue weighted by molar-refractivity contribution is -0.0938. The second-order valence-electron chi connectivity index (χ2n) is 5.99. The number of nitrogens with one attached hydrogen (secondary N) is 1. The molecule has 100 valence electrons. The molecule has 0 aromatic heterocycles. The summed E-state index contributed by atoms with van der Waals surface area (Å²) in [5.74, 6) is 0.935. The Morgan fingerprint density at radius 3 is 2.82 bits per heavy atom. The van der Waals surface area contributed by atoms with Gasteiger partial charge in [-0.05, 0) is 64.0 Å². The summed E-state index contributed by atoms with van der Waals surface area (Å²) >= 11 is 0. The highest BCUT2D eigenvalue weighted by molar-refractivity contribution is 4.91. The Labute approximate surface area is 107 Å². The van der Waals surface area contributed by atoms with E-state index in [0.29, 0.717) is 5.60 Å².